The van der Waals surface area contributed by atoms with Gasteiger partial charge in [-0.15, -0.1) is 0 Å². The predicted octanol–water partition coefficient (Wildman–Crippen LogP) is 3.88. The van der Waals surface area contributed by atoms with Crippen LogP contribution in [0.2, 0.25) is 0 Å². The molecular weight excluding hydrogens is 278 g/mol. The predicted molar refractivity (Wildman–Crippen MR) is 76.2 cm³/mol. The molecule has 0 aliphatic rings. The number of rotatable bonds is 3. The molecule has 0 N–H and O–H groups in total. The van der Waals surface area contributed by atoms with Crippen LogP contribution in [0.25, 0.3) is 22.6 Å². The zero-order valence-corrected chi connectivity index (χ0v) is 11.3. The van der Waals surface area contributed by atoms with Gasteiger partial charge in [-0.2, -0.15) is 0 Å². The quantitative estimate of drug-likeness (QED) is 0.686. The normalized spacial score (nSPS) is 10.7. The molecule has 5 heteroatoms. The van der Waals surface area contributed by atoms with E-state index in [1.54, 1.807) is 25.3 Å². The van der Waals surface area contributed by atoms with Crippen molar-refractivity contribution in [2.75, 3.05) is 7.11 Å². The number of oxazole rings is 1. The van der Waals surface area contributed by atoms with Crippen LogP contribution in [0, 0.1) is 0 Å². The number of aromatic nitrogens is 1. The molecule has 1 heterocycles. The largest absolute Gasteiger partial charge is 0.497 e. The third kappa shape index (κ3) is 2.26. The molecule has 0 spiro atoms. The van der Waals surface area contributed by atoms with Crippen LogP contribution in [-0.2, 0) is 0 Å². The van der Waals surface area contributed by atoms with E-state index < -0.39 is 5.24 Å². The van der Waals surface area contributed by atoms with Crippen LogP contribution < -0.4 is 4.74 Å². The molecular formula is C15H10ClNO3. The minimum atomic E-state index is -0.516. The van der Waals surface area contributed by atoms with Crippen molar-refractivity contribution in [1.82, 2.24) is 4.98 Å². The van der Waals surface area contributed by atoms with E-state index in [9.17, 15) is 4.79 Å². The van der Waals surface area contributed by atoms with Crippen molar-refractivity contribution >= 4 is 27.9 Å². The summed E-state index contributed by atoms with van der Waals surface area (Å²) in [6, 6.07) is 12.3. The lowest BCUT2D eigenvalue weighted by Gasteiger charge is -2.00. The topological polar surface area (TPSA) is 52.3 Å². The van der Waals surface area contributed by atoms with Crippen molar-refractivity contribution in [2.45, 2.75) is 0 Å². The third-order valence-corrected chi connectivity index (χ3v) is 3.15. The molecule has 0 fully saturated rings. The molecule has 1 aromatic heterocycles. The summed E-state index contributed by atoms with van der Waals surface area (Å²) < 4.78 is 10.8. The average Bonchev–Trinajstić information content (AvgIpc) is 2.90. The number of methoxy groups -OCH3 is 1. The average molecular weight is 288 g/mol. The van der Waals surface area contributed by atoms with E-state index in [-0.39, 0.29) is 0 Å². The van der Waals surface area contributed by atoms with E-state index >= 15 is 0 Å². The highest BCUT2D eigenvalue weighted by atomic mass is 35.5. The Hall–Kier alpha value is -2.33. The maximum atomic E-state index is 11.1. The Labute approximate surface area is 119 Å². The number of nitrogens with zero attached hydrogens (tertiary/aromatic N) is 1. The fraction of sp³-hybridized carbons (Fsp3) is 0.0667. The van der Waals surface area contributed by atoms with Crippen LogP contribution >= 0.6 is 11.6 Å². The maximum absolute atomic E-state index is 11.1. The molecule has 20 heavy (non-hydrogen) atoms. The molecule has 0 radical (unpaired) electrons. The Balaban J connectivity index is 2.10. The number of carbonyl (C=O) groups excluding carboxylic acids is 1. The lowest BCUT2D eigenvalue weighted by Crippen LogP contribution is -1.87. The molecule has 3 aromatic rings. The van der Waals surface area contributed by atoms with E-state index in [0.717, 1.165) is 11.3 Å². The molecule has 3 rings (SSSR count). The van der Waals surface area contributed by atoms with Crippen molar-refractivity contribution in [2.24, 2.45) is 0 Å². The second kappa shape index (κ2) is 4.98. The first-order valence-electron chi connectivity index (χ1n) is 5.92. The second-order valence-corrected chi connectivity index (χ2v) is 4.55. The van der Waals surface area contributed by atoms with Crippen LogP contribution in [0.5, 0.6) is 5.75 Å². The third-order valence-electron chi connectivity index (χ3n) is 2.93. The number of halogens is 1. The molecule has 0 atom stereocenters. The number of hydrogen-bond donors (Lipinski definition) is 0. The second-order valence-electron chi connectivity index (χ2n) is 4.21. The van der Waals surface area contributed by atoms with Gasteiger partial charge in [-0.1, -0.05) is 6.07 Å². The summed E-state index contributed by atoms with van der Waals surface area (Å²) >= 11 is 5.45. The first-order chi connectivity index (χ1) is 9.67. The number of fused-ring (bicyclic) bond motifs is 1. The summed E-state index contributed by atoms with van der Waals surface area (Å²) in [5, 5.41) is -0.516. The van der Waals surface area contributed by atoms with Crippen LogP contribution in [0.1, 0.15) is 10.4 Å². The summed E-state index contributed by atoms with van der Waals surface area (Å²) in [6.07, 6.45) is 0. The van der Waals surface area contributed by atoms with Gasteiger partial charge in [0.1, 0.15) is 11.3 Å². The first-order valence-corrected chi connectivity index (χ1v) is 6.30. The number of hydrogen-bond acceptors (Lipinski definition) is 4. The standard InChI is InChI=1S/C15H10ClNO3/c1-19-11-4-2-3-10(7-11)15-17-12-8-9(14(16)18)5-6-13(12)20-15/h2-8H,1H3. The Morgan fingerprint density at radius 1 is 1.25 bits per heavy atom. The van der Waals surface area contributed by atoms with Gasteiger partial charge >= 0.3 is 0 Å². The van der Waals surface area contributed by atoms with E-state index in [2.05, 4.69) is 4.98 Å². The van der Waals surface area contributed by atoms with Crippen molar-refractivity contribution in [3.8, 4) is 17.2 Å². The zero-order chi connectivity index (χ0) is 14.1. The van der Waals surface area contributed by atoms with Crippen molar-refractivity contribution in [3.05, 3.63) is 48.0 Å². The van der Waals surface area contributed by atoms with Crippen molar-refractivity contribution in [1.29, 1.82) is 0 Å². The lowest BCUT2D eigenvalue weighted by molar-refractivity contribution is 0.108. The van der Waals surface area contributed by atoms with Gasteiger partial charge in [0.2, 0.25) is 5.89 Å². The van der Waals surface area contributed by atoms with Crippen LogP contribution in [-0.4, -0.2) is 17.3 Å². The fourth-order valence-corrected chi connectivity index (χ4v) is 2.05. The SMILES string of the molecule is COc1cccc(-c2nc3cc(C(=O)Cl)ccc3o2)c1. The van der Waals surface area contributed by atoms with E-state index in [1.807, 2.05) is 24.3 Å². The Bertz CT molecular complexity index is 795. The highest BCUT2D eigenvalue weighted by Gasteiger charge is 2.11. The molecule has 0 bridgehead atoms. The van der Waals surface area contributed by atoms with E-state index in [1.165, 1.54) is 0 Å². The summed E-state index contributed by atoms with van der Waals surface area (Å²) in [7, 11) is 1.60. The number of carbonyl (C=O) groups is 1. The maximum Gasteiger partial charge on any atom is 0.252 e. The Morgan fingerprint density at radius 3 is 2.85 bits per heavy atom. The van der Waals surface area contributed by atoms with E-state index in [0.29, 0.717) is 22.6 Å². The summed E-state index contributed by atoms with van der Waals surface area (Å²) in [5.74, 6) is 1.19. The van der Waals surface area contributed by atoms with Crippen molar-refractivity contribution in [3.63, 3.8) is 0 Å². The molecule has 0 aliphatic carbocycles. The molecule has 0 unspecified atom stereocenters. The lowest BCUT2D eigenvalue weighted by atomic mass is 10.2. The molecule has 0 amide bonds. The molecule has 100 valence electrons. The number of ether oxygens (including phenoxy) is 1. The summed E-state index contributed by atoms with van der Waals surface area (Å²) in [5.41, 5.74) is 2.39. The van der Waals surface area contributed by atoms with Crippen LogP contribution in [0.4, 0.5) is 0 Å². The van der Waals surface area contributed by atoms with Gasteiger partial charge in [-0.3, -0.25) is 4.79 Å². The van der Waals surface area contributed by atoms with Gasteiger partial charge in [-0.05, 0) is 48.0 Å². The highest BCUT2D eigenvalue weighted by molar-refractivity contribution is 6.67. The zero-order valence-electron chi connectivity index (χ0n) is 10.6. The Morgan fingerprint density at radius 2 is 2.10 bits per heavy atom. The minimum Gasteiger partial charge on any atom is -0.497 e. The molecule has 0 saturated carbocycles. The van der Waals surface area contributed by atoms with Crippen LogP contribution in [0.15, 0.2) is 46.9 Å². The minimum absolute atomic E-state index is 0.393. The smallest absolute Gasteiger partial charge is 0.252 e. The summed E-state index contributed by atoms with van der Waals surface area (Å²) in [6.45, 7) is 0. The van der Waals surface area contributed by atoms with Gasteiger partial charge in [0, 0.05) is 11.1 Å². The van der Waals surface area contributed by atoms with Crippen LogP contribution in [0.3, 0.4) is 0 Å². The number of benzene rings is 2. The molecule has 2 aromatic carbocycles. The fourth-order valence-electron chi connectivity index (χ4n) is 1.93. The first kappa shape index (κ1) is 12.7. The van der Waals surface area contributed by atoms with Crippen molar-refractivity contribution < 1.29 is 13.9 Å². The monoisotopic (exact) mass is 287 g/mol. The van der Waals surface area contributed by atoms with Gasteiger partial charge in [0.15, 0.2) is 5.58 Å². The summed E-state index contributed by atoms with van der Waals surface area (Å²) in [4.78, 5) is 15.5. The van der Waals surface area contributed by atoms with Gasteiger partial charge in [-0.25, -0.2) is 4.98 Å². The van der Waals surface area contributed by atoms with Gasteiger partial charge in [0.05, 0.1) is 7.11 Å². The molecule has 4 nitrogen and oxygen atoms in total. The van der Waals surface area contributed by atoms with E-state index in [4.69, 9.17) is 20.8 Å². The Kier molecular flexibility index (Phi) is 3.16. The molecule has 0 aliphatic heterocycles. The van der Waals surface area contributed by atoms with Gasteiger partial charge in [0.25, 0.3) is 5.24 Å². The highest BCUT2D eigenvalue weighted by Crippen LogP contribution is 2.27. The van der Waals surface area contributed by atoms with Gasteiger partial charge < -0.3 is 9.15 Å². The molecule has 0 saturated heterocycles.